The van der Waals surface area contributed by atoms with Crippen molar-refractivity contribution in [3.8, 4) is 79.2 Å². The van der Waals surface area contributed by atoms with Crippen molar-refractivity contribution in [3.63, 3.8) is 0 Å². The fourth-order valence-corrected chi connectivity index (χ4v) is 11.3. The third kappa shape index (κ3) is 8.21. The molecule has 11 heteroatoms. The summed E-state index contributed by atoms with van der Waals surface area (Å²) in [5.74, 6) is 1.03. The molecule has 0 atom stereocenters. The van der Waals surface area contributed by atoms with Gasteiger partial charge in [0.15, 0.2) is 11.6 Å². The third-order valence-corrected chi connectivity index (χ3v) is 14.9. The molecule has 6 aromatic carbocycles. The number of rotatable bonds is 9. The first-order valence-corrected chi connectivity index (χ1v) is 25.8. The van der Waals surface area contributed by atoms with Crippen LogP contribution in [0.25, 0.3) is 79.2 Å². The minimum absolute atomic E-state index is 0.514. The normalized spacial score (nSPS) is 12.3. The molecule has 0 fully saturated rings. The highest BCUT2D eigenvalue weighted by atomic mass is 32.2. The minimum Gasteiger partial charge on any atom is -0.310 e. The summed E-state index contributed by atoms with van der Waals surface area (Å²) in [6.07, 6.45) is 11.6. The number of pyridine rings is 4. The van der Waals surface area contributed by atoms with E-state index in [1.165, 1.54) is 11.1 Å². The molecule has 6 aromatic heterocycles. The second-order valence-electron chi connectivity index (χ2n) is 18.4. The van der Waals surface area contributed by atoms with Gasteiger partial charge in [0.05, 0.1) is 45.5 Å². The zero-order valence-corrected chi connectivity index (χ0v) is 41.5. The minimum atomic E-state index is 0.514. The van der Waals surface area contributed by atoms with Crippen LogP contribution in [0.15, 0.2) is 253 Å². The Morgan fingerprint density at radius 2 is 0.763 bits per heavy atom. The average Bonchev–Trinajstić information content (AvgIpc) is 3.51. The van der Waals surface area contributed by atoms with E-state index in [-0.39, 0.29) is 0 Å². The molecule has 10 nitrogen and oxygen atoms in total. The van der Waals surface area contributed by atoms with Crippen molar-refractivity contribution in [1.29, 1.82) is 0 Å². The van der Waals surface area contributed by atoms with Gasteiger partial charge in [0.1, 0.15) is 0 Å². The Hall–Kier alpha value is -9.97. The monoisotopic (exact) mass is 994 g/mol. The summed E-state index contributed by atoms with van der Waals surface area (Å²) < 4.78 is 0. The van der Waals surface area contributed by atoms with Crippen molar-refractivity contribution < 1.29 is 0 Å². The van der Waals surface area contributed by atoms with Crippen molar-refractivity contribution in [2.24, 2.45) is 0 Å². The average molecular weight is 995 g/mol. The van der Waals surface area contributed by atoms with Crippen molar-refractivity contribution in [2.45, 2.75) is 16.2 Å². The van der Waals surface area contributed by atoms with E-state index in [1.807, 2.05) is 85.2 Å². The lowest BCUT2D eigenvalue weighted by molar-refractivity contribution is 1.09. The number of para-hydroxylation sites is 4. The molecule has 0 saturated carbocycles. The van der Waals surface area contributed by atoms with Crippen LogP contribution < -0.4 is 9.80 Å². The van der Waals surface area contributed by atoms with E-state index in [0.717, 1.165) is 95.1 Å². The van der Waals surface area contributed by atoms with Gasteiger partial charge in [-0.1, -0.05) is 96.7 Å². The summed E-state index contributed by atoms with van der Waals surface area (Å²) in [6, 6.07) is 71.4. The molecule has 2 aliphatic rings. The zero-order valence-electron chi connectivity index (χ0n) is 40.7. The van der Waals surface area contributed by atoms with Gasteiger partial charge in [-0.15, -0.1) is 0 Å². The maximum atomic E-state index is 5.46. The van der Waals surface area contributed by atoms with E-state index in [9.17, 15) is 0 Å². The van der Waals surface area contributed by atoms with Crippen LogP contribution in [0.1, 0.15) is 11.1 Å². The lowest BCUT2D eigenvalue weighted by Gasteiger charge is -2.34. The molecule has 0 unspecified atom stereocenters. The molecule has 358 valence electrons. The number of anilines is 6. The van der Waals surface area contributed by atoms with Crippen LogP contribution in [0.4, 0.5) is 34.1 Å². The standard InChI is InChI=1S/C65H42N10S/c1-3-21-58-42(15-1)35-43-16-2-4-22-59(43)74(58)46-27-29-48(50(36-46)64-70-54(44-17-13-31-66-40-44)38-56(72-64)52-19-9-11-33-68-52)49-30-28-47(75-60-23-5-7-25-62(60)76-63-26-8-6-24-61(63)75)37-51(49)65-71-55(45-18-14-32-67-41-45)39-57(73-65)53-20-10-12-34-69-53/h1-34,36-41H,35H2. The van der Waals surface area contributed by atoms with Crippen molar-refractivity contribution >= 4 is 45.9 Å². The second kappa shape index (κ2) is 19.1. The number of hydrogen-bond acceptors (Lipinski definition) is 11. The van der Waals surface area contributed by atoms with E-state index >= 15 is 0 Å². The smallest absolute Gasteiger partial charge is 0.161 e. The Labute approximate surface area is 443 Å². The third-order valence-electron chi connectivity index (χ3n) is 13.8. The van der Waals surface area contributed by atoms with Gasteiger partial charge >= 0.3 is 0 Å². The molecule has 0 amide bonds. The van der Waals surface area contributed by atoms with Crippen LogP contribution in [0.5, 0.6) is 0 Å². The van der Waals surface area contributed by atoms with Crippen molar-refractivity contribution in [2.75, 3.05) is 9.80 Å². The quantitative estimate of drug-likeness (QED) is 0.138. The zero-order chi connectivity index (χ0) is 50.4. The maximum Gasteiger partial charge on any atom is 0.161 e. The van der Waals surface area contributed by atoms with E-state index in [4.69, 9.17) is 29.9 Å². The van der Waals surface area contributed by atoms with Crippen LogP contribution in [0.3, 0.4) is 0 Å². The molecule has 0 bridgehead atoms. The molecule has 0 N–H and O–H groups in total. The summed E-state index contributed by atoms with van der Waals surface area (Å²) >= 11 is 1.78. The molecule has 0 radical (unpaired) electrons. The summed E-state index contributed by atoms with van der Waals surface area (Å²) in [5, 5.41) is 0. The fraction of sp³-hybridized carbons (Fsp3) is 0.0154. The summed E-state index contributed by atoms with van der Waals surface area (Å²) in [7, 11) is 0. The number of aromatic nitrogens is 8. The van der Waals surface area contributed by atoms with E-state index in [1.54, 1.807) is 36.5 Å². The van der Waals surface area contributed by atoms with Crippen LogP contribution >= 0.6 is 11.8 Å². The lowest BCUT2D eigenvalue weighted by Crippen LogP contribution is -2.18. The van der Waals surface area contributed by atoms with Crippen LogP contribution in [-0.4, -0.2) is 39.9 Å². The molecule has 12 aromatic rings. The summed E-state index contributed by atoms with van der Waals surface area (Å²) in [6.45, 7) is 0. The predicted octanol–water partition coefficient (Wildman–Crippen LogP) is 15.8. The first-order valence-electron chi connectivity index (χ1n) is 25.0. The highest BCUT2D eigenvalue weighted by molar-refractivity contribution is 7.99. The molecule has 14 rings (SSSR count). The molecular formula is C65H42N10S. The molecule has 0 spiro atoms. The second-order valence-corrected chi connectivity index (χ2v) is 19.5. The van der Waals surface area contributed by atoms with Crippen LogP contribution in [0, 0.1) is 0 Å². The maximum absolute atomic E-state index is 5.46. The van der Waals surface area contributed by atoms with E-state index in [2.05, 4.69) is 153 Å². The Morgan fingerprint density at radius 1 is 0.329 bits per heavy atom. The van der Waals surface area contributed by atoms with Gasteiger partial charge in [-0.2, -0.15) is 0 Å². The highest BCUT2D eigenvalue weighted by Crippen LogP contribution is 2.53. The number of hydrogen-bond donors (Lipinski definition) is 0. The van der Waals surface area contributed by atoms with Gasteiger partial charge in [0.2, 0.25) is 0 Å². The van der Waals surface area contributed by atoms with Crippen LogP contribution in [0.2, 0.25) is 0 Å². The van der Waals surface area contributed by atoms with Gasteiger partial charge in [-0.05, 0) is 144 Å². The van der Waals surface area contributed by atoms with Gasteiger partial charge in [0, 0.05) is 98.4 Å². The summed E-state index contributed by atoms with van der Waals surface area (Å²) in [5.41, 5.74) is 18.1. The highest BCUT2D eigenvalue weighted by Gasteiger charge is 2.29. The Morgan fingerprint density at radius 3 is 1.22 bits per heavy atom. The van der Waals surface area contributed by atoms with Crippen molar-refractivity contribution in [1.82, 2.24) is 39.9 Å². The number of benzene rings is 6. The summed E-state index contributed by atoms with van der Waals surface area (Å²) in [4.78, 5) is 47.4. The fourth-order valence-electron chi connectivity index (χ4n) is 10.3. The Balaban J connectivity index is 1.07. The molecule has 0 saturated heterocycles. The van der Waals surface area contributed by atoms with E-state index in [0.29, 0.717) is 34.4 Å². The lowest BCUT2D eigenvalue weighted by atomic mass is 9.91. The van der Waals surface area contributed by atoms with Gasteiger partial charge < -0.3 is 9.80 Å². The molecule has 2 aliphatic heterocycles. The molecule has 0 aliphatic carbocycles. The molecular weight excluding hydrogens is 953 g/mol. The van der Waals surface area contributed by atoms with Gasteiger partial charge in [-0.3, -0.25) is 19.9 Å². The van der Waals surface area contributed by atoms with Gasteiger partial charge in [0.25, 0.3) is 0 Å². The topological polar surface area (TPSA) is 110 Å². The Bertz CT molecular complexity index is 3670. The van der Waals surface area contributed by atoms with E-state index < -0.39 is 0 Å². The predicted molar refractivity (Wildman–Crippen MR) is 303 cm³/mol. The molecule has 8 heterocycles. The van der Waals surface area contributed by atoms with Gasteiger partial charge in [-0.25, -0.2) is 19.9 Å². The van der Waals surface area contributed by atoms with Crippen molar-refractivity contribution in [3.05, 3.63) is 255 Å². The largest absolute Gasteiger partial charge is 0.310 e. The number of fused-ring (bicyclic) bond motifs is 4. The first-order chi connectivity index (χ1) is 37.7. The Kier molecular flexibility index (Phi) is 11.3. The molecule has 76 heavy (non-hydrogen) atoms. The number of nitrogens with zero attached hydrogens (tertiary/aromatic N) is 10. The van der Waals surface area contributed by atoms with Crippen LogP contribution in [-0.2, 0) is 6.42 Å². The first kappa shape index (κ1) is 44.7. The SMILES string of the molecule is c1ccc(-c2cc(-c3cccnc3)nc(-c3cc(N4c5ccccc5Cc5ccccc54)ccc3-c3ccc(N4c5ccccc5Sc5ccccc54)cc3-c3nc(-c4cccnc4)cc(-c4ccccn4)n3)n2)nc1.